The molecule has 0 N–H and O–H groups in total. The van der Waals surface area contributed by atoms with Crippen molar-refractivity contribution in [2.45, 2.75) is 38.7 Å². The first-order chi connectivity index (χ1) is 15.1. The molecule has 1 amide bonds. The van der Waals surface area contributed by atoms with Gasteiger partial charge in [0.15, 0.2) is 6.10 Å². The van der Waals surface area contributed by atoms with Crippen LogP contribution in [0.25, 0.3) is 10.9 Å². The molecule has 0 bridgehead atoms. The number of pyridine rings is 1. The van der Waals surface area contributed by atoms with Crippen molar-refractivity contribution >= 4 is 28.5 Å². The molecule has 4 rings (SSSR count). The molecule has 0 radical (unpaired) electrons. The average Bonchev–Trinajstić information content (AvgIpc) is 3.26. The predicted molar refractivity (Wildman–Crippen MR) is 118 cm³/mol. The minimum Gasteiger partial charge on any atom is -0.449 e. The summed E-state index contributed by atoms with van der Waals surface area (Å²) in [4.78, 5) is 32.6. The second-order valence-corrected chi connectivity index (χ2v) is 7.56. The standard InChI is InChI=1S/C25H23N3O3/c1-17(24(29)28(16-8-15-26)18-9-3-2-4-10-18)31-25(30)23-19-11-5-6-13-21(19)27-22-14-7-12-20(22)23/h2-6,9-11,13,17H,7-8,12,14,16H2,1H3/t17-/m1/s1. The summed E-state index contributed by atoms with van der Waals surface area (Å²) in [5.74, 6) is -0.865. The number of hydrogen-bond acceptors (Lipinski definition) is 5. The van der Waals surface area contributed by atoms with Gasteiger partial charge in [0.05, 0.1) is 23.6 Å². The van der Waals surface area contributed by atoms with Gasteiger partial charge in [-0.15, -0.1) is 0 Å². The quantitative estimate of drug-likeness (QED) is 0.565. The molecule has 3 aromatic rings. The van der Waals surface area contributed by atoms with Crippen molar-refractivity contribution in [2.75, 3.05) is 11.4 Å². The van der Waals surface area contributed by atoms with Crippen LogP contribution in [0.2, 0.25) is 0 Å². The van der Waals surface area contributed by atoms with Crippen molar-refractivity contribution in [1.29, 1.82) is 5.26 Å². The average molecular weight is 413 g/mol. The van der Waals surface area contributed by atoms with E-state index in [1.54, 1.807) is 19.1 Å². The predicted octanol–water partition coefficient (Wildman–Crippen LogP) is 4.22. The van der Waals surface area contributed by atoms with Crippen LogP contribution < -0.4 is 4.90 Å². The third kappa shape index (κ3) is 4.13. The minimum absolute atomic E-state index is 0.184. The van der Waals surface area contributed by atoms with E-state index in [1.807, 2.05) is 42.5 Å². The molecule has 156 valence electrons. The normalized spacial score (nSPS) is 13.3. The molecule has 0 saturated carbocycles. The van der Waals surface area contributed by atoms with E-state index in [0.717, 1.165) is 41.4 Å². The lowest BCUT2D eigenvalue weighted by Gasteiger charge is -2.25. The number of nitriles is 1. The smallest absolute Gasteiger partial charge is 0.339 e. The lowest BCUT2D eigenvalue weighted by molar-refractivity contribution is -0.126. The summed E-state index contributed by atoms with van der Waals surface area (Å²) in [5, 5.41) is 9.73. The highest BCUT2D eigenvalue weighted by molar-refractivity contribution is 6.06. The van der Waals surface area contributed by atoms with Crippen LogP contribution in [0, 0.1) is 11.3 Å². The van der Waals surface area contributed by atoms with Crippen LogP contribution in [0.5, 0.6) is 0 Å². The molecule has 1 aromatic heterocycles. The van der Waals surface area contributed by atoms with Gasteiger partial charge in [-0.2, -0.15) is 5.26 Å². The first-order valence-corrected chi connectivity index (χ1v) is 10.4. The maximum absolute atomic E-state index is 13.2. The van der Waals surface area contributed by atoms with Crippen molar-refractivity contribution in [2.24, 2.45) is 0 Å². The number of amides is 1. The zero-order valence-corrected chi connectivity index (χ0v) is 17.4. The van der Waals surface area contributed by atoms with E-state index in [9.17, 15) is 9.59 Å². The molecule has 0 aliphatic heterocycles. The Bertz CT molecular complexity index is 1170. The van der Waals surface area contributed by atoms with Crippen molar-refractivity contribution in [3.8, 4) is 6.07 Å². The maximum Gasteiger partial charge on any atom is 0.339 e. The maximum atomic E-state index is 13.2. The molecule has 1 aliphatic rings. The molecule has 1 atom stereocenters. The largest absolute Gasteiger partial charge is 0.449 e. The van der Waals surface area contributed by atoms with Crippen molar-refractivity contribution < 1.29 is 14.3 Å². The number of fused-ring (bicyclic) bond motifs is 2. The topological polar surface area (TPSA) is 83.3 Å². The Morgan fingerprint density at radius 1 is 1.13 bits per heavy atom. The minimum atomic E-state index is -0.990. The van der Waals surface area contributed by atoms with Crippen molar-refractivity contribution in [3.63, 3.8) is 0 Å². The van der Waals surface area contributed by atoms with Gasteiger partial charge < -0.3 is 9.64 Å². The second kappa shape index (κ2) is 8.97. The van der Waals surface area contributed by atoms with E-state index in [4.69, 9.17) is 15.0 Å². The monoisotopic (exact) mass is 413 g/mol. The van der Waals surface area contributed by atoms with Crippen LogP contribution in [0.15, 0.2) is 54.6 Å². The summed E-state index contributed by atoms with van der Waals surface area (Å²) in [7, 11) is 0. The fourth-order valence-electron chi connectivity index (χ4n) is 4.07. The van der Waals surface area contributed by atoms with E-state index in [0.29, 0.717) is 11.3 Å². The van der Waals surface area contributed by atoms with Gasteiger partial charge in [0.1, 0.15) is 0 Å². The number of anilines is 1. The third-order valence-corrected chi connectivity index (χ3v) is 5.54. The van der Waals surface area contributed by atoms with Crippen LogP contribution in [-0.4, -0.2) is 29.5 Å². The summed E-state index contributed by atoms with van der Waals surface area (Å²) in [6, 6.07) is 18.7. The van der Waals surface area contributed by atoms with Crippen LogP contribution in [0.4, 0.5) is 5.69 Å². The summed E-state index contributed by atoms with van der Waals surface area (Å²) in [6.45, 7) is 1.81. The van der Waals surface area contributed by atoms with Crippen molar-refractivity contribution in [3.05, 3.63) is 71.4 Å². The van der Waals surface area contributed by atoms with Gasteiger partial charge in [0, 0.05) is 23.3 Å². The number of para-hydroxylation sites is 2. The molecule has 2 aromatic carbocycles. The van der Waals surface area contributed by atoms with Gasteiger partial charge in [-0.05, 0) is 49.9 Å². The molecule has 31 heavy (non-hydrogen) atoms. The van der Waals surface area contributed by atoms with E-state index in [2.05, 4.69) is 6.07 Å². The van der Waals surface area contributed by atoms with Crippen LogP contribution in [0.3, 0.4) is 0 Å². The molecule has 6 heteroatoms. The first-order valence-electron chi connectivity index (χ1n) is 10.4. The molecule has 0 fully saturated rings. The van der Waals surface area contributed by atoms with E-state index in [-0.39, 0.29) is 18.9 Å². The lowest BCUT2D eigenvalue weighted by atomic mass is 10.0. The number of carbonyl (C=O) groups is 2. The Morgan fingerprint density at radius 2 is 1.87 bits per heavy atom. The molecule has 0 saturated heterocycles. The molecule has 0 spiro atoms. The Labute approximate surface area is 181 Å². The fourth-order valence-corrected chi connectivity index (χ4v) is 4.07. The Kier molecular flexibility index (Phi) is 5.94. The van der Waals surface area contributed by atoms with E-state index in [1.165, 1.54) is 4.90 Å². The fraction of sp³-hybridized carbons (Fsp3) is 0.280. The van der Waals surface area contributed by atoms with Gasteiger partial charge in [-0.1, -0.05) is 36.4 Å². The Hall–Kier alpha value is -3.72. The number of hydrogen-bond donors (Lipinski definition) is 0. The van der Waals surface area contributed by atoms with Crippen molar-refractivity contribution in [1.82, 2.24) is 4.98 Å². The highest BCUT2D eigenvalue weighted by Crippen LogP contribution is 2.31. The Balaban J connectivity index is 1.61. The summed E-state index contributed by atoms with van der Waals surface area (Å²) in [5.41, 5.74) is 3.80. The number of aryl methyl sites for hydroxylation is 1. The van der Waals surface area contributed by atoms with Gasteiger partial charge in [-0.3, -0.25) is 9.78 Å². The van der Waals surface area contributed by atoms with Crippen LogP contribution in [-0.2, 0) is 22.4 Å². The summed E-state index contributed by atoms with van der Waals surface area (Å²) < 4.78 is 5.67. The molecule has 0 unspecified atom stereocenters. The molecular weight excluding hydrogens is 390 g/mol. The number of esters is 1. The van der Waals surface area contributed by atoms with E-state index < -0.39 is 12.1 Å². The Morgan fingerprint density at radius 3 is 2.65 bits per heavy atom. The number of ether oxygens (including phenoxy) is 1. The van der Waals surface area contributed by atoms with Crippen LogP contribution >= 0.6 is 0 Å². The van der Waals surface area contributed by atoms with Gasteiger partial charge in [-0.25, -0.2) is 4.79 Å². The highest BCUT2D eigenvalue weighted by Gasteiger charge is 2.29. The number of aromatic nitrogens is 1. The second-order valence-electron chi connectivity index (χ2n) is 7.56. The lowest BCUT2D eigenvalue weighted by Crippen LogP contribution is -2.40. The molecular formula is C25H23N3O3. The zero-order chi connectivity index (χ0) is 21.8. The SMILES string of the molecule is C[C@@H](OC(=O)c1c2c(nc3ccccc13)CCC2)C(=O)N(CCC#N)c1ccccc1. The van der Waals surface area contributed by atoms with Gasteiger partial charge in [0.25, 0.3) is 5.91 Å². The highest BCUT2D eigenvalue weighted by atomic mass is 16.5. The molecule has 6 nitrogen and oxygen atoms in total. The molecule has 1 aliphatic carbocycles. The zero-order valence-electron chi connectivity index (χ0n) is 17.4. The van der Waals surface area contributed by atoms with Gasteiger partial charge >= 0.3 is 5.97 Å². The third-order valence-electron chi connectivity index (χ3n) is 5.54. The number of rotatable bonds is 6. The van der Waals surface area contributed by atoms with Gasteiger partial charge in [0.2, 0.25) is 0 Å². The first kappa shape index (κ1) is 20.5. The number of benzene rings is 2. The van der Waals surface area contributed by atoms with E-state index >= 15 is 0 Å². The van der Waals surface area contributed by atoms with Crippen LogP contribution in [0.1, 0.15) is 41.4 Å². The number of carbonyl (C=O) groups excluding carboxylic acids is 2. The number of nitrogens with zero attached hydrogens (tertiary/aromatic N) is 3. The molecule has 1 heterocycles. The summed E-state index contributed by atoms with van der Waals surface area (Å²) in [6.07, 6.45) is 1.76. The summed E-state index contributed by atoms with van der Waals surface area (Å²) >= 11 is 0.